The first kappa shape index (κ1) is 17.9. The van der Waals surface area contributed by atoms with E-state index in [0.717, 1.165) is 11.0 Å². The third kappa shape index (κ3) is 3.71. The van der Waals surface area contributed by atoms with E-state index in [2.05, 4.69) is 5.32 Å². The third-order valence-electron chi connectivity index (χ3n) is 4.49. The molecule has 0 spiro atoms. The number of methoxy groups -OCH3 is 1. The normalized spacial score (nSPS) is 19.9. The molecule has 1 fully saturated rings. The Morgan fingerprint density at radius 3 is 2.39 bits per heavy atom. The summed E-state index contributed by atoms with van der Waals surface area (Å²) in [5, 5.41) is 12.7. The minimum absolute atomic E-state index is 0.171. The van der Waals surface area contributed by atoms with Crippen molar-refractivity contribution in [3.63, 3.8) is 0 Å². The number of hydrogen-bond donors (Lipinski definition) is 2. The SMILES string of the molecule is CNCC(=Cc1ccc(O)cc1OC)B1OC(C)(C)C(C)(C)O1. The molecule has 0 aromatic heterocycles. The van der Waals surface area contributed by atoms with Crippen LogP contribution in [0.2, 0.25) is 0 Å². The lowest BCUT2D eigenvalue weighted by molar-refractivity contribution is 0.00578. The minimum atomic E-state index is -0.425. The molecule has 2 rings (SSSR count). The molecular weight excluding hydrogens is 293 g/mol. The second-order valence-corrected chi connectivity index (χ2v) is 6.76. The van der Waals surface area contributed by atoms with Crippen LogP contribution < -0.4 is 10.1 Å². The first-order valence-corrected chi connectivity index (χ1v) is 7.78. The highest BCUT2D eigenvalue weighted by molar-refractivity contribution is 6.56. The molecule has 126 valence electrons. The Morgan fingerprint density at radius 2 is 1.87 bits per heavy atom. The van der Waals surface area contributed by atoms with Gasteiger partial charge >= 0.3 is 7.12 Å². The topological polar surface area (TPSA) is 60.0 Å². The lowest BCUT2D eigenvalue weighted by atomic mass is 9.77. The zero-order valence-corrected chi connectivity index (χ0v) is 14.8. The predicted octanol–water partition coefficient (Wildman–Crippen LogP) is 2.64. The standard InChI is InChI=1S/C17H26BNO4/c1-16(2)17(3,4)23-18(22-16)13(11-19-5)9-12-7-8-14(20)10-15(12)21-6/h7-10,19-20H,11H2,1-6H3. The zero-order valence-electron chi connectivity index (χ0n) is 14.8. The molecular formula is C17H26BNO4. The van der Waals surface area contributed by atoms with Gasteiger partial charge in [0.2, 0.25) is 0 Å². The van der Waals surface area contributed by atoms with Crippen LogP contribution in [0.1, 0.15) is 33.3 Å². The van der Waals surface area contributed by atoms with Crippen molar-refractivity contribution in [3.05, 3.63) is 29.2 Å². The van der Waals surface area contributed by atoms with Crippen LogP contribution in [0.4, 0.5) is 0 Å². The van der Waals surface area contributed by atoms with Crippen molar-refractivity contribution in [1.29, 1.82) is 0 Å². The fourth-order valence-corrected chi connectivity index (χ4v) is 2.42. The van der Waals surface area contributed by atoms with Crippen molar-refractivity contribution in [1.82, 2.24) is 5.32 Å². The Balaban J connectivity index is 2.36. The van der Waals surface area contributed by atoms with Crippen LogP contribution in [0.5, 0.6) is 11.5 Å². The molecule has 0 amide bonds. The number of ether oxygens (including phenoxy) is 1. The molecule has 0 unspecified atom stereocenters. The number of nitrogens with one attached hydrogen (secondary N) is 1. The number of likely N-dealkylation sites (N-methyl/N-ethyl adjacent to an activating group) is 1. The predicted molar refractivity (Wildman–Crippen MR) is 92.6 cm³/mol. The average Bonchev–Trinajstić information content (AvgIpc) is 2.68. The largest absolute Gasteiger partial charge is 0.508 e. The number of hydrogen-bond acceptors (Lipinski definition) is 5. The summed E-state index contributed by atoms with van der Waals surface area (Å²) in [6, 6.07) is 5.04. The zero-order chi connectivity index (χ0) is 17.3. The Morgan fingerprint density at radius 1 is 1.26 bits per heavy atom. The van der Waals surface area contributed by atoms with E-state index >= 15 is 0 Å². The van der Waals surface area contributed by atoms with E-state index in [9.17, 15) is 5.11 Å². The molecule has 2 N–H and O–H groups in total. The van der Waals surface area contributed by atoms with E-state index in [0.29, 0.717) is 12.3 Å². The van der Waals surface area contributed by atoms with Gasteiger partial charge in [-0.25, -0.2) is 0 Å². The molecule has 0 aliphatic carbocycles. The monoisotopic (exact) mass is 319 g/mol. The van der Waals surface area contributed by atoms with E-state index in [1.807, 2.05) is 46.9 Å². The number of rotatable bonds is 5. The van der Waals surface area contributed by atoms with Gasteiger partial charge in [-0.1, -0.05) is 6.08 Å². The van der Waals surface area contributed by atoms with Crippen LogP contribution in [0.3, 0.4) is 0 Å². The fraction of sp³-hybridized carbons (Fsp3) is 0.529. The van der Waals surface area contributed by atoms with Crippen molar-refractivity contribution in [2.24, 2.45) is 0 Å². The molecule has 0 radical (unpaired) electrons. The fourth-order valence-electron chi connectivity index (χ4n) is 2.42. The quantitative estimate of drug-likeness (QED) is 0.817. The lowest BCUT2D eigenvalue weighted by Crippen LogP contribution is -2.41. The Hall–Kier alpha value is -1.50. The van der Waals surface area contributed by atoms with Crippen molar-refractivity contribution in [3.8, 4) is 11.5 Å². The van der Waals surface area contributed by atoms with Gasteiger partial charge in [-0.2, -0.15) is 0 Å². The van der Waals surface area contributed by atoms with Crippen LogP contribution in [-0.2, 0) is 9.31 Å². The highest BCUT2D eigenvalue weighted by atomic mass is 16.7. The maximum atomic E-state index is 9.59. The molecule has 5 nitrogen and oxygen atoms in total. The van der Waals surface area contributed by atoms with E-state index in [1.165, 1.54) is 0 Å². The van der Waals surface area contributed by atoms with Crippen molar-refractivity contribution >= 4 is 13.2 Å². The van der Waals surface area contributed by atoms with E-state index < -0.39 is 7.12 Å². The summed E-state index contributed by atoms with van der Waals surface area (Å²) in [7, 11) is 3.04. The molecule has 1 heterocycles. The van der Waals surface area contributed by atoms with Gasteiger partial charge in [0.1, 0.15) is 11.5 Å². The Kier molecular flexibility index (Phi) is 5.09. The van der Waals surface area contributed by atoms with E-state index in [1.54, 1.807) is 19.2 Å². The van der Waals surface area contributed by atoms with Crippen LogP contribution in [0, 0.1) is 0 Å². The van der Waals surface area contributed by atoms with Gasteiger partial charge in [0.05, 0.1) is 18.3 Å². The van der Waals surface area contributed by atoms with Gasteiger partial charge in [0.15, 0.2) is 0 Å². The highest BCUT2D eigenvalue weighted by Gasteiger charge is 2.52. The summed E-state index contributed by atoms with van der Waals surface area (Å²) < 4.78 is 17.6. The molecule has 1 saturated heterocycles. The molecule has 1 aromatic carbocycles. The second kappa shape index (κ2) is 6.55. The number of aromatic hydroxyl groups is 1. The van der Waals surface area contributed by atoms with Gasteiger partial charge in [-0.3, -0.25) is 0 Å². The molecule has 23 heavy (non-hydrogen) atoms. The molecule has 0 bridgehead atoms. The molecule has 6 heteroatoms. The van der Waals surface area contributed by atoms with E-state index in [-0.39, 0.29) is 17.0 Å². The Bertz CT molecular complexity index is 582. The van der Waals surface area contributed by atoms with Crippen molar-refractivity contribution in [2.45, 2.75) is 38.9 Å². The van der Waals surface area contributed by atoms with Crippen molar-refractivity contribution in [2.75, 3.05) is 20.7 Å². The van der Waals surface area contributed by atoms with Crippen LogP contribution in [0.25, 0.3) is 6.08 Å². The van der Waals surface area contributed by atoms with Crippen LogP contribution in [-0.4, -0.2) is 44.1 Å². The smallest absolute Gasteiger partial charge is 0.491 e. The maximum absolute atomic E-state index is 9.59. The number of benzene rings is 1. The summed E-state index contributed by atoms with van der Waals surface area (Å²) in [5.74, 6) is 0.778. The summed E-state index contributed by atoms with van der Waals surface area (Å²) >= 11 is 0. The average molecular weight is 319 g/mol. The Labute approximate surface area is 138 Å². The van der Waals surface area contributed by atoms with Gasteiger partial charge in [0.25, 0.3) is 0 Å². The van der Waals surface area contributed by atoms with Gasteiger partial charge < -0.3 is 24.5 Å². The summed E-state index contributed by atoms with van der Waals surface area (Å²) in [5.41, 5.74) is 1.06. The van der Waals surface area contributed by atoms with Gasteiger partial charge in [-0.15, -0.1) is 0 Å². The summed E-state index contributed by atoms with van der Waals surface area (Å²) in [4.78, 5) is 0. The first-order chi connectivity index (χ1) is 10.7. The third-order valence-corrected chi connectivity index (χ3v) is 4.49. The first-order valence-electron chi connectivity index (χ1n) is 7.78. The summed E-state index contributed by atoms with van der Waals surface area (Å²) in [6.07, 6.45) is 1.98. The summed E-state index contributed by atoms with van der Waals surface area (Å²) in [6.45, 7) is 8.76. The minimum Gasteiger partial charge on any atom is -0.508 e. The van der Waals surface area contributed by atoms with E-state index in [4.69, 9.17) is 14.0 Å². The molecule has 1 aliphatic rings. The number of phenols is 1. The number of phenolic OH excluding ortho intramolecular Hbond substituents is 1. The van der Waals surface area contributed by atoms with Crippen LogP contribution >= 0.6 is 0 Å². The second-order valence-electron chi connectivity index (χ2n) is 6.76. The molecule has 1 aliphatic heterocycles. The van der Waals surface area contributed by atoms with Gasteiger partial charge in [0, 0.05) is 18.2 Å². The molecule has 0 atom stereocenters. The van der Waals surface area contributed by atoms with Crippen LogP contribution in [0.15, 0.2) is 23.7 Å². The maximum Gasteiger partial charge on any atom is 0.491 e. The van der Waals surface area contributed by atoms with Crippen molar-refractivity contribution < 1.29 is 19.2 Å². The van der Waals surface area contributed by atoms with Gasteiger partial charge in [-0.05, 0) is 52.3 Å². The molecule has 0 saturated carbocycles. The highest BCUT2D eigenvalue weighted by Crippen LogP contribution is 2.39. The lowest BCUT2D eigenvalue weighted by Gasteiger charge is -2.32. The molecule has 1 aromatic rings.